The summed E-state index contributed by atoms with van der Waals surface area (Å²) in [6.45, 7) is 0.915. The van der Waals surface area contributed by atoms with E-state index in [-0.39, 0.29) is 11.2 Å². The van der Waals surface area contributed by atoms with Gasteiger partial charge in [-0.2, -0.15) is 0 Å². The first-order chi connectivity index (χ1) is 19.4. The number of fused-ring (bicyclic) bond motifs is 4. The third kappa shape index (κ3) is 3.86. The zero-order chi connectivity index (χ0) is 27.6. The SMILES string of the molecule is CN=S(=O)(c1ccc(Nc2ccc(-c3cnc4cnc5occc5n34)c3c2C(=O)NC3)nc1CN(C)C)C1CC1. The van der Waals surface area contributed by atoms with Gasteiger partial charge in [-0.05, 0) is 50.7 Å². The fourth-order valence-electron chi connectivity index (χ4n) is 5.46. The van der Waals surface area contributed by atoms with E-state index >= 15 is 0 Å². The molecule has 0 radical (unpaired) electrons. The predicted molar refractivity (Wildman–Crippen MR) is 152 cm³/mol. The van der Waals surface area contributed by atoms with Gasteiger partial charge in [-0.15, -0.1) is 0 Å². The van der Waals surface area contributed by atoms with Crippen LogP contribution in [-0.4, -0.2) is 60.8 Å². The molecule has 12 heteroatoms. The molecule has 7 rings (SSSR count). The Morgan fingerprint density at radius 2 is 2.02 bits per heavy atom. The van der Waals surface area contributed by atoms with Crippen LogP contribution in [-0.2, 0) is 22.8 Å². The summed E-state index contributed by atoms with van der Waals surface area (Å²) >= 11 is 0. The number of nitrogens with zero attached hydrogens (tertiary/aromatic N) is 6. The van der Waals surface area contributed by atoms with E-state index in [4.69, 9.17) is 9.40 Å². The van der Waals surface area contributed by atoms with Crippen LogP contribution in [0.25, 0.3) is 28.1 Å². The molecule has 4 aromatic heterocycles. The van der Waals surface area contributed by atoms with Crippen LogP contribution in [0.15, 0.2) is 62.7 Å². The highest BCUT2D eigenvalue weighted by atomic mass is 32.2. The number of rotatable bonds is 7. The molecule has 1 aromatic carbocycles. The quantitative estimate of drug-likeness (QED) is 0.305. The molecule has 5 aromatic rings. The average molecular weight is 557 g/mol. The molecule has 204 valence electrons. The van der Waals surface area contributed by atoms with E-state index in [1.54, 1.807) is 25.7 Å². The largest absolute Gasteiger partial charge is 0.445 e. The van der Waals surface area contributed by atoms with Gasteiger partial charge in [-0.1, -0.05) is 6.07 Å². The van der Waals surface area contributed by atoms with Gasteiger partial charge in [0.05, 0.1) is 55.9 Å². The van der Waals surface area contributed by atoms with Crippen LogP contribution in [0.1, 0.15) is 34.5 Å². The van der Waals surface area contributed by atoms with Crippen molar-refractivity contribution in [3.8, 4) is 11.3 Å². The second-order valence-corrected chi connectivity index (χ2v) is 13.0. The first-order valence-electron chi connectivity index (χ1n) is 13.1. The Labute approximate surface area is 230 Å². The highest BCUT2D eigenvalue weighted by molar-refractivity contribution is 7.94. The van der Waals surface area contributed by atoms with Crippen molar-refractivity contribution >= 4 is 44.0 Å². The van der Waals surface area contributed by atoms with Gasteiger partial charge in [0.1, 0.15) is 11.3 Å². The summed E-state index contributed by atoms with van der Waals surface area (Å²) in [6, 6.07) is 9.43. The van der Waals surface area contributed by atoms with Crippen molar-refractivity contribution in [2.45, 2.75) is 36.1 Å². The number of aromatic nitrogens is 4. The van der Waals surface area contributed by atoms with Crippen molar-refractivity contribution in [1.29, 1.82) is 0 Å². The van der Waals surface area contributed by atoms with Gasteiger partial charge in [-0.3, -0.25) is 9.20 Å². The first-order valence-corrected chi connectivity index (χ1v) is 14.6. The summed E-state index contributed by atoms with van der Waals surface area (Å²) < 4.78 is 25.6. The smallest absolute Gasteiger partial charge is 0.254 e. The lowest BCUT2D eigenvalue weighted by atomic mass is 9.99. The maximum absolute atomic E-state index is 13.8. The van der Waals surface area contributed by atoms with Gasteiger partial charge in [0, 0.05) is 37.0 Å². The van der Waals surface area contributed by atoms with E-state index in [0.29, 0.717) is 46.4 Å². The molecular formula is C28H28N8O3S. The number of imidazole rings is 1. The maximum atomic E-state index is 13.8. The van der Waals surface area contributed by atoms with Gasteiger partial charge >= 0.3 is 0 Å². The highest BCUT2D eigenvalue weighted by Crippen LogP contribution is 2.39. The molecule has 0 bridgehead atoms. The van der Waals surface area contributed by atoms with E-state index in [1.807, 2.05) is 53.7 Å². The van der Waals surface area contributed by atoms with Crippen molar-refractivity contribution in [3.63, 3.8) is 0 Å². The van der Waals surface area contributed by atoms with Crippen LogP contribution in [0.2, 0.25) is 0 Å². The molecule has 11 nitrogen and oxygen atoms in total. The van der Waals surface area contributed by atoms with Crippen molar-refractivity contribution in [1.82, 2.24) is 29.6 Å². The maximum Gasteiger partial charge on any atom is 0.254 e. The summed E-state index contributed by atoms with van der Waals surface area (Å²) in [6.07, 6.45) is 6.90. The molecule has 1 amide bonds. The van der Waals surface area contributed by atoms with E-state index in [1.165, 1.54) is 0 Å². The fraction of sp³-hybridized carbons (Fsp3) is 0.286. The molecule has 2 aliphatic rings. The molecule has 1 aliphatic carbocycles. The first kappa shape index (κ1) is 24.7. The minimum atomic E-state index is -2.53. The number of pyridine rings is 1. The van der Waals surface area contributed by atoms with Crippen LogP contribution >= 0.6 is 0 Å². The second kappa shape index (κ2) is 9.14. The van der Waals surface area contributed by atoms with Crippen LogP contribution in [0.4, 0.5) is 11.5 Å². The van der Waals surface area contributed by atoms with Crippen LogP contribution in [0.5, 0.6) is 0 Å². The molecule has 2 N–H and O–H groups in total. The normalized spacial score (nSPS) is 16.4. The number of amides is 1. The summed E-state index contributed by atoms with van der Waals surface area (Å²) in [5, 5.41) is 6.41. The van der Waals surface area contributed by atoms with Crippen LogP contribution in [0, 0.1) is 0 Å². The number of carbonyl (C=O) groups is 1. The molecular weight excluding hydrogens is 528 g/mol. The molecule has 1 fully saturated rings. The molecule has 0 saturated heterocycles. The minimum absolute atomic E-state index is 0.0808. The number of nitrogens with one attached hydrogen (secondary N) is 2. The Kier molecular flexibility index (Phi) is 5.65. The van der Waals surface area contributed by atoms with Crippen LogP contribution < -0.4 is 10.6 Å². The molecule has 1 atom stereocenters. The number of hydrogen-bond acceptors (Lipinski definition) is 9. The number of furan rings is 1. The number of anilines is 2. The third-order valence-corrected chi connectivity index (χ3v) is 10.3. The summed E-state index contributed by atoms with van der Waals surface area (Å²) in [5.74, 6) is 0.417. The lowest BCUT2D eigenvalue weighted by Crippen LogP contribution is -2.18. The zero-order valence-corrected chi connectivity index (χ0v) is 23.2. The van der Waals surface area contributed by atoms with Crippen molar-refractivity contribution in [2.75, 3.05) is 26.5 Å². The standard InChI is InChI=1S/C28H28N8O3S/c1-29-40(38,16-4-5-16)23-8-9-24(34-20(23)15-35(2)3)33-19-7-6-17(18-12-31-27(37)26(18)19)22-13-30-25-14-32-28-21(36(22)25)10-11-39-28/h6-11,13-14,16H,4-5,12,15H2,1-3H3,(H,31,37)(H,33,34). The molecule has 1 unspecified atom stereocenters. The zero-order valence-electron chi connectivity index (χ0n) is 22.3. The lowest BCUT2D eigenvalue weighted by molar-refractivity contribution is 0.0966. The summed E-state index contributed by atoms with van der Waals surface area (Å²) in [4.78, 5) is 29.5. The Morgan fingerprint density at radius 3 is 2.80 bits per heavy atom. The lowest BCUT2D eigenvalue weighted by Gasteiger charge is -2.18. The second-order valence-electron chi connectivity index (χ2n) is 10.4. The van der Waals surface area contributed by atoms with E-state index in [2.05, 4.69) is 25.0 Å². The van der Waals surface area contributed by atoms with Crippen molar-refractivity contribution in [3.05, 3.63) is 65.8 Å². The van der Waals surface area contributed by atoms with E-state index in [9.17, 15) is 9.00 Å². The van der Waals surface area contributed by atoms with E-state index < -0.39 is 9.73 Å². The van der Waals surface area contributed by atoms with E-state index in [0.717, 1.165) is 40.9 Å². The average Bonchev–Trinajstić information content (AvgIpc) is 3.35. The van der Waals surface area contributed by atoms with Gasteiger partial charge in [0.2, 0.25) is 5.71 Å². The summed E-state index contributed by atoms with van der Waals surface area (Å²) in [7, 11) is 3.01. The van der Waals surface area contributed by atoms with Crippen molar-refractivity contribution in [2.24, 2.45) is 4.36 Å². The topological polar surface area (TPSA) is 130 Å². The number of hydrogen-bond donors (Lipinski definition) is 2. The fourth-order valence-corrected chi connectivity index (χ4v) is 7.80. The Hall–Kier alpha value is -4.29. The van der Waals surface area contributed by atoms with Gasteiger partial charge < -0.3 is 20.0 Å². The third-order valence-electron chi connectivity index (χ3n) is 7.42. The molecule has 0 spiro atoms. The molecule has 1 saturated carbocycles. The van der Waals surface area contributed by atoms with Crippen molar-refractivity contribution < 1.29 is 13.4 Å². The van der Waals surface area contributed by atoms with Gasteiger partial charge in [0.25, 0.3) is 5.91 Å². The Balaban J connectivity index is 1.31. The molecule has 1 aliphatic heterocycles. The van der Waals surface area contributed by atoms with Gasteiger partial charge in [-0.25, -0.2) is 23.5 Å². The van der Waals surface area contributed by atoms with Crippen LogP contribution in [0.3, 0.4) is 0 Å². The Morgan fingerprint density at radius 1 is 1.18 bits per heavy atom. The number of benzene rings is 1. The predicted octanol–water partition coefficient (Wildman–Crippen LogP) is 4.21. The Bertz CT molecular complexity index is 1950. The molecule has 40 heavy (non-hydrogen) atoms. The number of carbonyl (C=O) groups excluding carboxylic acids is 1. The molecule has 5 heterocycles. The monoisotopic (exact) mass is 556 g/mol. The van der Waals surface area contributed by atoms with Gasteiger partial charge in [0.15, 0.2) is 5.65 Å². The minimum Gasteiger partial charge on any atom is -0.445 e. The summed E-state index contributed by atoms with van der Waals surface area (Å²) in [5.41, 5.74) is 6.56. The highest BCUT2D eigenvalue weighted by Gasteiger charge is 2.36.